The Bertz CT molecular complexity index is 990. The van der Waals surface area contributed by atoms with Gasteiger partial charge in [0, 0.05) is 36.9 Å². The zero-order valence-electron chi connectivity index (χ0n) is 15.2. The fourth-order valence-electron chi connectivity index (χ4n) is 3.07. The number of aryl methyl sites for hydroxylation is 1. The van der Waals surface area contributed by atoms with Crippen LogP contribution >= 0.6 is 11.3 Å². The molecule has 0 N–H and O–H groups in total. The molecule has 0 aliphatic heterocycles. The summed E-state index contributed by atoms with van der Waals surface area (Å²) < 4.78 is 6.80. The Balaban J connectivity index is 2.23. The van der Waals surface area contributed by atoms with Crippen LogP contribution in [0.3, 0.4) is 0 Å². The highest BCUT2D eigenvalue weighted by molar-refractivity contribution is 7.19. The van der Waals surface area contributed by atoms with Crippen molar-refractivity contribution in [2.75, 3.05) is 13.7 Å². The number of Topliss-reactive ketones (excluding diaryl/α,β-unsaturated/α-hetero) is 1. The molecular formula is C20H22N2O3S. The van der Waals surface area contributed by atoms with Crippen LogP contribution in [0.1, 0.15) is 24.0 Å². The summed E-state index contributed by atoms with van der Waals surface area (Å²) in [5, 5.41) is 0.642. The molecule has 2 heterocycles. The van der Waals surface area contributed by atoms with Gasteiger partial charge < -0.3 is 4.74 Å². The van der Waals surface area contributed by atoms with Gasteiger partial charge >= 0.3 is 0 Å². The predicted molar refractivity (Wildman–Crippen MR) is 105 cm³/mol. The maximum atomic E-state index is 13.3. The number of fused-ring (bicyclic) bond motifs is 1. The quantitative estimate of drug-likeness (QED) is 0.637. The van der Waals surface area contributed by atoms with Crippen molar-refractivity contribution < 1.29 is 9.53 Å². The van der Waals surface area contributed by atoms with Crippen molar-refractivity contribution in [1.29, 1.82) is 0 Å². The molecule has 0 amide bonds. The van der Waals surface area contributed by atoms with Crippen LogP contribution in [0.15, 0.2) is 35.1 Å². The third kappa shape index (κ3) is 3.61. The smallest absolute Gasteiger partial charge is 0.262 e. The first-order valence-corrected chi connectivity index (χ1v) is 9.41. The topological polar surface area (TPSA) is 61.2 Å². The van der Waals surface area contributed by atoms with E-state index in [1.165, 1.54) is 18.3 Å². The van der Waals surface area contributed by atoms with Crippen LogP contribution in [-0.2, 0) is 22.5 Å². The van der Waals surface area contributed by atoms with Gasteiger partial charge in [-0.05, 0) is 19.4 Å². The molecule has 0 saturated carbocycles. The van der Waals surface area contributed by atoms with Crippen molar-refractivity contribution in [3.63, 3.8) is 0 Å². The monoisotopic (exact) mass is 370 g/mol. The van der Waals surface area contributed by atoms with Crippen LogP contribution in [0, 0.1) is 6.92 Å². The van der Waals surface area contributed by atoms with Gasteiger partial charge in [-0.3, -0.25) is 14.2 Å². The van der Waals surface area contributed by atoms with Crippen LogP contribution < -0.4 is 5.56 Å². The van der Waals surface area contributed by atoms with Crippen LogP contribution in [0.5, 0.6) is 0 Å². The molecule has 2 aromatic heterocycles. The van der Waals surface area contributed by atoms with E-state index in [0.717, 1.165) is 20.8 Å². The summed E-state index contributed by atoms with van der Waals surface area (Å²) in [5.74, 6) is 0.728. The maximum Gasteiger partial charge on any atom is 0.262 e. The zero-order valence-corrected chi connectivity index (χ0v) is 16.1. The summed E-state index contributed by atoms with van der Waals surface area (Å²) in [6.45, 7) is 4.38. The molecule has 3 rings (SSSR count). The minimum atomic E-state index is -0.0782. The average Bonchev–Trinajstić information content (AvgIpc) is 2.96. The van der Waals surface area contributed by atoms with Crippen LogP contribution in [0.4, 0.5) is 0 Å². The van der Waals surface area contributed by atoms with Crippen molar-refractivity contribution in [2.24, 2.45) is 0 Å². The first-order chi connectivity index (χ1) is 12.5. The SMILES string of the molecule is COCCc1nc2sc(C)c(-c3ccccc3)c2c(=O)n1CCC(C)=O. The molecule has 0 unspecified atom stereocenters. The van der Waals surface area contributed by atoms with Gasteiger partial charge in [0.05, 0.1) is 12.0 Å². The number of methoxy groups -OCH3 is 1. The van der Waals surface area contributed by atoms with E-state index in [-0.39, 0.29) is 11.3 Å². The molecule has 5 nitrogen and oxygen atoms in total. The summed E-state index contributed by atoms with van der Waals surface area (Å²) >= 11 is 1.54. The molecule has 136 valence electrons. The third-order valence-electron chi connectivity index (χ3n) is 4.35. The number of nitrogens with zero attached hydrogens (tertiary/aromatic N) is 2. The molecule has 0 aliphatic carbocycles. The number of ketones is 1. The Morgan fingerprint density at radius 1 is 1.27 bits per heavy atom. The second-order valence-corrected chi connectivity index (χ2v) is 7.46. The standard InChI is InChI=1S/C20H22N2O3S/c1-13(23)9-11-22-16(10-12-25-3)21-19-18(20(22)24)17(14(2)26-19)15-7-5-4-6-8-15/h4-8H,9-12H2,1-3H3. The van der Waals surface area contributed by atoms with Crippen LogP contribution in [0.25, 0.3) is 21.3 Å². The van der Waals surface area contributed by atoms with Gasteiger partial charge in [0.25, 0.3) is 5.56 Å². The van der Waals surface area contributed by atoms with Gasteiger partial charge in [-0.1, -0.05) is 30.3 Å². The molecule has 1 aromatic carbocycles. The van der Waals surface area contributed by atoms with Crippen molar-refractivity contribution in [2.45, 2.75) is 33.2 Å². The number of carbonyl (C=O) groups excluding carboxylic acids is 1. The second kappa shape index (κ2) is 7.93. The largest absolute Gasteiger partial charge is 0.384 e. The van der Waals surface area contributed by atoms with E-state index in [2.05, 4.69) is 0 Å². The molecule has 0 bridgehead atoms. The lowest BCUT2D eigenvalue weighted by atomic mass is 10.0. The van der Waals surface area contributed by atoms with E-state index in [0.29, 0.717) is 37.2 Å². The lowest BCUT2D eigenvalue weighted by Crippen LogP contribution is -2.27. The molecule has 0 fully saturated rings. The summed E-state index contributed by atoms with van der Waals surface area (Å²) in [6, 6.07) is 9.90. The predicted octanol–water partition coefficient (Wildman–Crippen LogP) is 3.60. The lowest BCUT2D eigenvalue weighted by Gasteiger charge is -2.12. The third-order valence-corrected chi connectivity index (χ3v) is 5.35. The highest BCUT2D eigenvalue weighted by Gasteiger charge is 2.19. The van der Waals surface area contributed by atoms with E-state index >= 15 is 0 Å². The first-order valence-electron chi connectivity index (χ1n) is 8.59. The number of carbonyl (C=O) groups is 1. The van der Waals surface area contributed by atoms with Gasteiger partial charge in [0.1, 0.15) is 16.4 Å². The summed E-state index contributed by atoms with van der Waals surface area (Å²) in [6.07, 6.45) is 0.855. The number of rotatable bonds is 7. The molecule has 0 spiro atoms. The van der Waals surface area contributed by atoms with E-state index in [4.69, 9.17) is 9.72 Å². The Hall–Kier alpha value is -2.31. The lowest BCUT2D eigenvalue weighted by molar-refractivity contribution is -0.117. The normalized spacial score (nSPS) is 11.2. The number of benzene rings is 1. The number of hydrogen-bond acceptors (Lipinski definition) is 5. The first kappa shape index (κ1) is 18.5. The van der Waals surface area contributed by atoms with Gasteiger partial charge in [-0.2, -0.15) is 0 Å². The minimum absolute atomic E-state index is 0.0551. The zero-order chi connectivity index (χ0) is 18.7. The second-order valence-electron chi connectivity index (χ2n) is 6.26. The van der Waals surface area contributed by atoms with Crippen LogP contribution in [0.2, 0.25) is 0 Å². The molecule has 26 heavy (non-hydrogen) atoms. The molecule has 3 aromatic rings. The Morgan fingerprint density at radius 3 is 2.65 bits per heavy atom. The molecule has 6 heteroatoms. The van der Waals surface area contributed by atoms with E-state index < -0.39 is 0 Å². The number of hydrogen-bond donors (Lipinski definition) is 0. The molecule has 0 radical (unpaired) electrons. The van der Waals surface area contributed by atoms with Gasteiger partial charge in [-0.25, -0.2) is 4.98 Å². The number of ether oxygens (including phenoxy) is 1. The summed E-state index contributed by atoms with van der Waals surface area (Å²) in [4.78, 5) is 31.3. The highest BCUT2D eigenvalue weighted by atomic mass is 32.1. The summed E-state index contributed by atoms with van der Waals surface area (Å²) in [5.41, 5.74) is 1.88. The van der Waals surface area contributed by atoms with Crippen molar-refractivity contribution in [3.8, 4) is 11.1 Å². The average molecular weight is 370 g/mol. The van der Waals surface area contributed by atoms with E-state index in [9.17, 15) is 9.59 Å². The Morgan fingerprint density at radius 2 is 2.00 bits per heavy atom. The van der Waals surface area contributed by atoms with Crippen molar-refractivity contribution >= 4 is 27.3 Å². The molecule has 0 saturated heterocycles. The molecule has 0 atom stereocenters. The van der Waals surface area contributed by atoms with Crippen molar-refractivity contribution in [3.05, 3.63) is 51.4 Å². The fraction of sp³-hybridized carbons (Fsp3) is 0.350. The van der Waals surface area contributed by atoms with Crippen molar-refractivity contribution in [1.82, 2.24) is 9.55 Å². The Kier molecular flexibility index (Phi) is 5.64. The minimum Gasteiger partial charge on any atom is -0.384 e. The Labute approximate surface area is 156 Å². The fourth-order valence-corrected chi connectivity index (χ4v) is 4.13. The van der Waals surface area contributed by atoms with Gasteiger partial charge in [0.2, 0.25) is 0 Å². The number of thiophene rings is 1. The van der Waals surface area contributed by atoms with Crippen LogP contribution in [-0.4, -0.2) is 29.1 Å². The number of aromatic nitrogens is 2. The molecular weight excluding hydrogens is 348 g/mol. The highest BCUT2D eigenvalue weighted by Crippen LogP contribution is 2.35. The maximum absolute atomic E-state index is 13.3. The van der Waals surface area contributed by atoms with E-state index in [1.807, 2.05) is 37.3 Å². The van der Waals surface area contributed by atoms with Gasteiger partial charge in [0.15, 0.2) is 0 Å². The molecule has 0 aliphatic rings. The summed E-state index contributed by atoms with van der Waals surface area (Å²) in [7, 11) is 1.62. The van der Waals surface area contributed by atoms with Gasteiger partial charge in [-0.15, -0.1) is 11.3 Å². The van der Waals surface area contributed by atoms with E-state index in [1.54, 1.807) is 11.7 Å².